The van der Waals surface area contributed by atoms with E-state index in [-0.39, 0.29) is 51.4 Å². The van der Waals surface area contributed by atoms with Crippen molar-refractivity contribution in [3.8, 4) is 6.07 Å². The third-order valence-electron chi connectivity index (χ3n) is 4.98. The molecule has 0 aliphatic carbocycles. The second-order valence-electron chi connectivity index (χ2n) is 6.62. The number of alkyl halides is 3. The van der Waals surface area contributed by atoms with Gasteiger partial charge in [-0.3, -0.25) is 14.5 Å². The van der Waals surface area contributed by atoms with Crippen LogP contribution in [0.4, 0.5) is 18.9 Å². The van der Waals surface area contributed by atoms with Crippen molar-refractivity contribution in [2.75, 3.05) is 11.5 Å². The summed E-state index contributed by atoms with van der Waals surface area (Å²) in [4.78, 5) is 26.1. The van der Waals surface area contributed by atoms with Gasteiger partial charge in [0.15, 0.2) is 0 Å². The molecule has 1 radical (unpaired) electrons. The van der Waals surface area contributed by atoms with Crippen molar-refractivity contribution in [2.24, 2.45) is 10.8 Å². The van der Waals surface area contributed by atoms with Crippen molar-refractivity contribution in [3.63, 3.8) is 0 Å². The Hall–Kier alpha value is -1.30. The van der Waals surface area contributed by atoms with Crippen LogP contribution < -0.4 is 4.90 Å². The van der Waals surface area contributed by atoms with Crippen LogP contribution in [0.3, 0.4) is 0 Å². The number of aliphatic hydroxyl groups excluding tert-OH is 1. The number of benzene rings is 1. The Morgan fingerprint density at radius 1 is 1.23 bits per heavy atom. The summed E-state index contributed by atoms with van der Waals surface area (Å²) in [6, 6.07) is 5.42. The van der Waals surface area contributed by atoms with Gasteiger partial charge in [0.2, 0.25) is 11.8 Å². The fraction of sp³-hybridized carbons (Fsp3) is 0.471. The van der Waals surface area contributed by atoms with Crippen LogP contribution in [0.15, 0.2) is 12.1 Å². The van der Waals surface area contributed by atoms with Gasteiger partial charge in [-0.25, -0.2) is 5.26 Å². The molecule has 1 aliphatic rings. The van der Waals surface area contributed by atoms with Crippen molar-refractivity contribution < 1.29 is 60.6 Å². The molecule has 1 aliphatic heterocycles. The summed E-state index contributed by atoms with van der Waals surface area (Å²) in [5.74, 6) is -1.38. The van der Waals surface area contributed by atoms with Gasteiger partial charge in [-0.2, -0.15) is 19.2 Å². The summed E-state index contributed by atoms with van der Waals surface area (Å²) >= 11 is 0. The maximum Gasteiger partial charge on any atom is 0.395 e. The molecule has 5 nitrogen and oxygen atoms in total. The van der Waals surface area contributed by atoms with Crippen LogP contribution in [0.5, 0.6) is 0 Å². The van der Waals surface area contributed by atoms with Gasteiger partial charge in [-0.1, -0.05) is 5.69 Å². The molecule has 0 bridgehead atoms. The normalized spacial score (nSPS) is 22.2. The summed E-state index contributed by atoms with van der Waals surface area (Å²) in [6.07, 6.45) is -4.86. The third-order valence-corrected chi connectivity index (χ3v) is 4.98. The van der Waals surface area contributed by atoms with Crippen molar-refractivity contribution in [3.05, 3.63) is 29.3 Å². The molecule has 1 heterocycles. The molecule has 2 rings (SSSR count). The Morgan fingerprint density at radius 2 is 1.81 bits per heavy atom. The number of imide groups is 1. The number of carbonyl (C=O) groups excluding carboxylic acids is 2. The summed E-state index contributed by atoms with van der Waals surface area (Å²) < 4.78 is 39.4. The van der Waals surface area contributed by atoms with Gasteiger partial charge in [-0.15, -0.1) is 12.1 Å². The van der Waals surface area contributed by atoms with E-state index >= 15 is 0 Å². The van der Waals surface area contributed by atoms with Gasteiger partial charge >= 0.3 is 6.18 Å². The molecular weight excluding hydrogens is 426 g/mol. The molecule has 26 heavy (non-hydrogen) atoms. The summed E-state index contributed by atoms with van der Waals surface area (Å²) in [5.41, 5.74) is -4.82. The zero-order valence-corrected chi connectivity index (χ0v) is 17.3. The first-order valence-corrected chi connectivity index (χ1v) is 7.45. The Balaban J connectivity index is 0.00000338. The standard InChI is InChI=1S/C17H16F3N2O3.Y/c1-15(2)13(24)22(14(25)16(15,3)6-7-23)11-5-4-10(9-21)12(8-11)17(18,19)20;/h4-5,23H,6-7H2,1-3H3;/q-1;. The molecule has 1 aromatic rings. The van der Waals surface area contributed by atoms with Gasteiger partial charge in [0.05, 0.1) is 10.8 Å². The number of carbonyl (C=O) groups is 2. The molecule has 2 amide bonds. The van der Waals surface area contributed by atoms with Crippen LogP contribution in [0.1, 0.15) is 38.3 Å². The SMILES string of the molecule is CC1(C)C(=O)N(c2[c-]c(C(F)(F)F)c(C#N)cc2)C(=O)C1(C)CCO.[Y]. The zero-order chi connectivity index (χ0) is 19.2. The van der Waals surface area contributed by atoms with E-state index in [9.17, 15) is 27.9 Å². The van der Waals surface area contributed by atoms with Crippen LogP contribution in [0.2, 0.25) is 0 Å². The number of aliphatic hydroxyl groups is 1. The summed E-state index contributed by atoms with van der Waals surface area (Å²) in [5, 5.41) is 18.1. The average Bonchev–Trinajstić information content (AvgIpc) is 2.65. The number of rotatable bonds is 3. The van der Waals surface area contributed by atoms with Gasteiger partial charge in [-0.05, 0) is 38.3 Å². The van der Waals surface area contributed by atoms with E-state index in [0.717, 1.165) is 12.1 Å². The van der Waals surface area contributed by atoms with Crippen molar-refractivity contribution in [2.45, 2.75) is 33.4 Å². The van der Waals surface area contributed by atoms with Crippen LogP contribution in [0, 0.1) is 28.2 Å². The number of amides is 2. The molecule has 1 saturated heterocycles. The first-order chi connectivity index (χ1) is 11.4. The van der Waals surface area contributed by atoms with Crippen LogP contribution >= 0.6 is 0 Å². The zero-order valence-electron chi connectivity index (χ0n) is 14.4. The molecule has 0 aromatic heterocycles. The average molecular weight is 442 g/mol. The van der Waals surface area contributed by atoms with Gasteiger partial charge in [0.1, 0.15) is 0 Å². The van der Waals surface area contributed by atoms with E-state index in [1.165, 1.54) is 26.8 Å². The number of halogens is 3. The van der Waals surface area contributed by atoms with Crippen LogP contribution in [-0.2, 0) is 48.5 Å². The van der Waals surface area contributed by atoms with E-state index in [0.29, 0.717) is 4.90 Å². The maximum absolute atomic E-state index is 13.1. The molecule has 1 aromatic carbocycles. The van der Waals surface area contributed by atoms with Crippen LogP contribution in [0.25, 0.3) is 0 Å². The van der Waals surface area contributed by atoms with Gasteiger partial charge in [0.25, 0.3) is 0 Å². The van der Waals surface area contributed by atoms with Crippen molar-refractivity contribution in [1.29, 1.82) is 5.26 Å². The second-order valence-corrected chi connectivity index (χ2v) is 6.62. The summed E-state index contributed by atoms with van der Waals surface area (Å²) in [7, 11) is 0. The number of nitrogens with zero attached hydrogens (tertiary/aromatic N) is 2. The molecule has 1 unspecified atom stereocenters. The Kier molecular flexibility index (Phi) is 6.45. The molecule has 9 heteroatoms. The number of nitriles is 1. The van der Waals surface area contributed by atoms with E-state index in [1.807, 2.05) is 6.07 Å². The quantitative estimate of drug-likeness (QED) is 0.577. The molecule has 137 valence electrons. The molecular formula is C17H16F3N2O3Y-. The van der Waals surface area contributed by atoms with Crippen molar-refractivity contribution >= 4 is 17.5 Å². The molecule has 1 fully saturated rings. The minimum atomic E-state index is -4.85. The first kappa shape index (κ1) is 22.7. The predicted molar refractivity (Wildman–Crippen MR) is 81.1 cm³/mol. The minimum absolute atomic E-state index is 0. The maximum atomic E-state index is 13.1. The Bertz CT molecular complexity index is 786. The Morgan fingerprint density at radius 3 is 2.27 bits per heavy atom. The number of anilines is 1. The first-order valence-electron chi connectivity index (χ1n) is 7.45. The molecule has 0 spiro atoms. The molecule has 0 saturated carbocycles. The summed E-state index contributed by atoms with van der Waals surface area (Å²) in [6.45, 7) is 4.17. The van der Waals surface area contributed by atoms with E-state index in [4.69, 9.17) is 5.26 Å². The molecule has 1 N–H and O–H groups in total. The second kappa shape index (κ2) is 7.37. The van der Waals surface area contributed by atoms with E-state index in [2.05, 4.69) is 0 Å². The van der Waals surface area contributed by atoms with Crippen LogP contribution in [-0.4, -0.2) is 23.5 Å². The van der Waals surface area contributed by atoms with Gasteiger partial charge in [0, 0.05) is 45.4 Å². The predicted octanol–water partition coefficient (Wildman–Crippen LogP) is 2.66. The number of hydrogen-bond acceptors (Lipinski definition) is 4. The topological polar surface area (TPSA) is 81.4 Å². The number of hydrogen-bond donors (Lipinski definition) is 1. The van der Waals surface area contributed by atoms with E-state index < -0.39 is 39.9 Å². The van der Waals surface area contributed by atoms with Crippen molar-refractivity contribution in [1.82, 2.24) is 0 Å². The largest absolute Gasteiger partial charge is 0.396 e. The van der Waals surface area contributed by atoms with E-state index in [1.54, 1.807) is 0 Å². The monoisotopic (exact) mass is 442 g/mol. The minimum Gasteiger partial charge on any atom is -0.396 e. The molecule has 1 atom stereocenters. The fourth-order valence-electron chi connectivity index (χ4n) is 2.91. The fourth-order valence-corrected chi connectivity index (χ4v) is 2.91. The van der Waals surface area contributed by atoms with Gasteiger partial charge < -0.3 is 5.11 Å². The smallest absolute Gasteiger partial charge is 0.395 e. The Labute approximate surface area is 174 Å². The third kappa shape index (κ3) is 3.33.